The lowest BCUT2D eigenvalue weighted by molar-refractivity contribution is -0.117. The fourth-order valence-electron chi connectivity index (χ4n) is 3.13. The molecule has 0 heterocycles. The van der Waals surface area contributed by atoms with Gasteiger partial charge in [0.2, 0.25) is 17.7 Å². The maximum absolute atomic E-state index is 12.4. The Morgan fingerprint density at radius 2 is 1.61 bits per heavy atom. The van der Waals surface area contributed by atoms with Crippen molar-refractivity contribution in [3.63, 3.8) is 0 Å². The second kappa shape index (κ2) is 9.69. The zero-order valence-electron chi connectivity index (χ0n) is 16.8. The van der Waals surface area contributed by atoms with Gasteiger partial charge in [0.05, 0.1) is 0 Å². The Bertz CT molecular complexity index is 877. The summed E-state index contributed by atoms with van der Waals surface area (Å²) in [5.41, 5.74) is 4.19. The molecule has 6 heteroatoms. The molecule has 0 saturated carbocycles. The van der Waals surface area contributed by atoms with E-state index in [4.69, 9.17) is 0 Å². The van der Waals surface area contributed by atoms with Gasteiger partial charge in [-0.3, -0.25) is 14.4 Å². The van der Waals surface area contributed by atoms with Crippen LogP contribution in [0.25, 0.3) is 0 Å². The monoisotopic (exact) mass is 381 g/mol. The third-order valence-corrected chi connectivity index (χ3v) is 4.38. The summed E-state index contributed by atoms with van der Waals surface area (Å²) in [5.74, 6) is -0.465. The topological polar surface area (TPSA) is 78.5 Å². The number of nitrogens with one attached hydrogen (secondary N) is 2. The zero-order valence-corrected chi connectivity index (χ0v) is 16.8. The van der Waals surface area contributed by atoms with E-state index in [2.05, 4.69) is 10.6 Å². The first kappa shape index (κ1) is 21.2. The first-order chi connectivity index (χ1) is 13.3. The first-order valence-electron chi connectivity index (χ1n) is 9.36. The van der Waals surface area contributed by atoms with Crippen LogP contribution in [0.15, 0.2) is 42.5 Å². The maximum atomic E-state index is 12.4. The van der Waals surface area contributed by atoms with Gasteiger partial charge >= 0.3 is 0 Å². The van der Waals surface area contributed by atoms with Crippen LogP contribution in [0.3, 0.4) is 0 Å². The highest BCUT2D eigenvalue weighted by molar-refractivity contribution is 5.96. The number of carbonyl (C=O) groups excluding carboxylic acids is 3. The van der Waals surface area contributed by atoms with E-state index in [1.807, 2.05) is 32.0 Å². The lowest BCUT2D eigenvalue weighted by atomic mass is 10.0. The third-order valence-electron chi connectivity index (χ3n) is 4.38. The third kappa shape index (κ3) is 5.67. The predicted molar refractivity (Wildman–Crippen MR) is 113 cm³/mol. The number of carbonyl (C=O) groups is 3. The SMILES string of the molecule is CCc1cccc(C)c1N(CCC(=O)Nc1cccc(NC(C)=O)c1)C(C)=O. The quantitative estimate of drug-likeness (QED) is 0.763. The van der Waals surface area contributed by atoms with E-state index in [9.17, 15) is 14.4 Å². The van der Waals surface area contributed by atoms with E-state index in [-0.39, 0.29) is 24.1 Å². The Kier molecular flexibility index (Phi) is 7.32. The normalized spacial score (nSPS) is 10.3. The Morgan fingerprint density at radius 1 is 0.964 bits per heavy atom. The Balaban J connectivity index is 2.08. The highest BCUT2D eigenvalue weighted by Gasteiger charge is 2.18. The second-order valence-corrected chi connectivity index (χ2v) is 6.67. The molecule has 0 radical (unpaired) electrons. The standard InChI is InChI=1S/C22H27N3O3/c1-5-18-9-6-8-15(2)22(18)25(17(4)27)13-12-21(28)24-20-11-7-10-19(14-20)23-16(3)26/h6-11,14H,5,12-13H2,1-4H3,(H,23,26)(H,24,28). The van der Waals surface area contributed by atoms with Gasteiger partial charge in [-0.2, -0.15) is 0 Å². The Morgan fingerprint density at radius 3 is 2.21 bits per heavy atom. The van der Waals surface area contributed by atoms with Crippen LogP contribution in [-0.2, 0) is 20.8 Å². The van der Waals surface area contributed by atoms with Crippen molar-refractivity contribution in [2.45, 2.75) is 40.5 Å². The predicted octanol–water partition coefficient (Wildman–Crippen LogP) is 3.90. The summed E-state index contributed by atoms with van der Waals surface area (Å²) in [5, 5.41) is 5.50. The van der Waals surface area contributed by atoms with Gasteiger partial charge in [0, 0.05) is 43.9 Å². The molecule has 0 aliphatic rings. The van der Waals surface area contributed by atoms with E-state index in [1.54, 1.807) is 29.2 Å². The van der Waals surface area contributed by atoms with Crippen LogP contribution < -0.4 is 15.5 Å². The van der Waals surface area contributed by atoms with Crippen LogP contribution >= 0.6 is 0 Å². The number of amides is 3. The minimum Gasteiger partial charge on any atom is -0.326 e. The minimum absolute atomic E-state index is 0.0931. The Hall–Kier alpha value is -3.15. The van der Waals surface area contributed by atoms with Gasteiger partial charge in [-0.1, -0.05) is 31.2 Å². The number of benzene rings is 2. The summed E-state index contributed by atoms with van der Waals surface area (Å²) in [6, 6.07) is 12.9. The van der Waals surface area contributed by atoms with Crippen molar-refractivity contribution < 1.29 is 14.4 Å². The van der Waals surface area contributed by atoms with Crippen LogP contribution in [0.4, 0.5) is 17.1 Å². The molecule has 0 spiro atoms. The molecule has 3 amide bonds. The molecule has 0 unspecified atom stereocenters. The summed E-state index contributed by atoms with van der Waals surface area (Å²) in [6.07, 6.45) is 0.977. The van der Waals surface area contributed by atoms with E-state index < -0.39 is 0 Å². The number of rotatable bonds is 7. The zero-order chi connectivity index (χ0) is 20.7. The molecule has 0 bridgehead atoms. The van der Waals surface area contributed by atoms with Crippen LogP contribution in [0.1, 0.15) is 38.3 Å². The summed E-state index contributed by atoms with van der Waals surface area (Å²) < 4.78 is 0. The summed E-state index contributed by atoms with van der Waals surface area (Å²) in [7, 11) is 0. The fourth-order valence-corrected chi connectivity index (χ4v) is 3.13. The highest BCUT2D eigenvalue weighted by Crippen LogP contribution is 2.26. The molecule has 0 aromatic heterocycles. The van der Waals surface area contributed by atoms with Gasteiger partial charge in [-0.05, 0) is 42.7 Å². The van der Waals surface area contributed by atoms with Crippen molar-refractivity contribution in [3.8, 4) is 0 Å². The lowest BCUT2D eigenvalue weighted by Crippen LogP contribution is -2.33. The number of anilines is 3. The molecule has 0 saturated heterocycles. The molecule has 2 aromatic rings. The number of aryl methyl sites for hydroxylation is 2. The van der Waals surface area contributed by atoms with E-state index in [1.165, 1.54) is 13.8 Å². The van der Waals surface area contributed by atoms with Gasteiger partial charge in [0.15, 0.2) is 0 Å². The molecule has 2 N–H and O–H groups in total. The molecular weight excluding hydrogens is 354 g/mol. The van der Waals surface area contributed by atoms with Crippen LogP contribution in [0.2, 0.25) is 0 Å². The molecular formula is C22H27N3O3. The fraction of sp³-hybridized carbons (Fsp3) is 0.318. The van der Waals surface area contributed by atoms with Gasteiger partial charge < -0.3 is 15.5 Å². The lowest BCUT2D eigenvalue weighted by Gasteiger charge is -2.25. The molecule has 0 atom stereocenters. The van der Waals surface area contributed by atoms with Crippen LogP contribution in [-0.4, -0.2) is 24.3 Å². The minimum atomic E-state index is -0.196. The second-order valence-electron chi connectivity index (χ2n) is 6.67. The summed E-state index contributed by atoms with van der Waals surface area (Å²) in [6.45, 7) is 7.26. The smallest absolute Gasteiger partial charge is 0.226 e. The van der Waals surface area contributed by atoms with Gasteiger partial charge in [-0.25, -0.2) is 0 Å². The summed E-state index contributed by atoms with van der Waals surface area (Å²) in [4.78, 5) is 37.5. The molecule has 0 aliphatic carbocycles. The maximum Gasteiger partial charge on any atom is 0.226 e. The van der Waals surface area contributed by atoms with Gasteiger partial charge in [0.1, 0.15) is 0 Å². The van der Waals surface area contributed by atoms with Crippen LogP contribution in [0.5, 0.6) is 0 Å². The number of hydrogen-bond donors (Lipinski definition) is 2. The van der Waals surface area contributed by atoms with E-state index in [0.29, 0.717) is 17.9 Å². The first-order valence-corrected chi connectivity index (χ1v) is 9.36. The van der Waals surface area contributed by atoms with E-state index in [0.717, 1.165) is 23.2 Å². The molecule has 28 heavy (non-hydrogen) atoms. The van der Waals surface area contributed by atoms with Gasteiger partial charge in [0.25, 0.3) is 0 Å². The molecule has 0 fully saturated rings. The largest absolute Gasteiger partial charge is 0.326 e. The molecule has 148 valence electrons. The average molecular weight is 381 g/mol. The molecule has 2 aromatic carbocycles. The van der Waals surface area contributed by atoms with Crippen molar-refractivity contribution in [3.05, 3.63) is 53.6 Å². The number of para-hydroxylation sites is 1. The van der Waals surface area contributed by atoms with Crippen molar-refractivity contribution in [2.75, 3.05) is 22.1 Å². The van der Waals surface area contributed by atoms with Crippen molar-refractivity contribution in [1.82, 2.24) is 0 Å². The highest BCUT2D eigenvalue weighted by atomic mass is 16.2. The van der Waals surface area contributed by atoms with Crippen molar-refractivity contribution in [1.29, 1.82) is 0 Å². The Labute approximate surface area is 165 Å². The van der Waals surface area contributed by atoms with Crippen LogP contribution in [0, 0.1) is 6.92 Å². The number of hydrogen-bond acceptors (Lipinski definition) is 3. The van der Waals surface area contributed by atoms with Crippen molar-refractivity contribution in [2.24, 2.45) is 0 Å². The molecule has 0 aliphatic heterocycles. The molecule has 6 nitrogen and oxygen atoms in total. The molecule has 2 rings (SSSR count). The van der Waals surface area contributed by atoms with Gasteiger partial charge in [-0.15, -0.1) is 0 Å². The summed E-state index contributed by atoms with van der Waals surface area (Å²) >= 11 is 0. The van der Waals surface area contributed by atoms with Crippen molar-refractivity contribution >= 4 is 34.8 Å². The van der Waals surface area contributed by atoms with E-state index >= 15 is 0 Å². The number of nitrogens with zero attached hydrogens (tertiary/aromatic N) is 1. The average Bonchev–Trinajstić information content (AvgIpc) is 2.62.